The molecule has 6 nitrogen and oxygen atoms in total. The fourth-order valence-corrected chi connectivity index (χ4v) is 1.67. The van der Waals surface area contributed by atoms with E-state index in [0.717, 1.165) is 12.1 Å². The normalized spacial score (nSPS) is 11.8. The Morgan fingerprint density at radius 1 is 1.50 bits per heavy atom. The SMILES string of the molecule is CCC(C)NCC(=O)Nc1c(N(C)C)ccnc1OC. The van der Waals surface area contributed by atoms with Crippen LogP contribution >= 0.6 is 0 Å². The Bertz CT molecular complexity index is 449. The largest absolute Gasteiger partial charge is 0.479 e. The number of hydrogen-bond donors (Lipinski definition) is 2. The van der Waals surface area contributed by atoms with Crippen molar-refractivity contribution in [2.24, 2.45) is 0 Å². The molecule has 1 rings (SSSR count). The van der Waals surface area contributed by atoms with Gasteiger partial charge in [-0.05, 0) is 19.4 Å². The molecule has 20 heavy (non-hydrogen) atoms. The lowest BCUT2D eigenvalue weighted by Crippen LogP contribution is -2.34. The summed E-state index contributed by atoms with van der Waals surface area (Å²) in [5, 5.41) is 6.01. The van der Waals surface area contributed by atoms with Gasteiger partial charge in [0.2, 0.25) is 11.8 Å². The van der Waals surface area contributed by atoms with E-state index < -0.39 is 0 Å². The van der Waals surface area contributed by atoms with Crippen LogP contribution in [0.15, 0.2) is 12.3 Å². The second-order valence-electron chi connectivity index (χ2n) is 4.85. The average molecular weight is 280 g/mol. The summed E-state index contributed by atoms with van der Waals surface area (Å²) in [5.41, 5.74) is 1.45. The van der Waals surface area contributed by atoms with Gasteiger partial charge in [-0.3, -0.25) is 4.79 Å². The van der Waals surface area contributed by atoms with E-state index in [0.29, 0.717) is 17.6 Å². The van der Waals surface area contributed by atoms with Gasteiger partial charge in [-0.1, -0.05) is 6.92 Å². The molecule has 0 saturated carbocycles. The summed E-state index contributed by atoms with van der Waals surface area (Å²) in [7, 11) is 5.35. The monoisotopic (exact) mass is 280 g/mol. The van der Waals surface area contributed by atoms with Crippen LogP contribution in [0.4, 0.5) is 11.4 Å². The predicted molar refractivity (Wildman–Crippen MR) is 81.5 cm³/mol. The third kappa shape index (κ3) is 4.38. The minimum absolute atomic E-state index is 0.111. The summed E-state index contributed by atoms with van der Waals surface area (Å²) in [6, 6.07) is 2.14. The zero-order valence-corrected chi connectivity index (χ0v) is 12.9. The van der Waals surface area contributed by atoms with Gasteiger partial charge in [0.1, 0.15) is 5.69 Å². The van der Waals surface area contributed by atoms with Crippen molar-refractivity contribution in [2.45, 2.75) is 26.3 Å². The van der Waals surface area contributed by atoms with Crippen molar-refractivity contribution in [1.82, 2.24) is 10.3 Å². The zero-order valence-electron chi connectivity index (χ0n) is 12.9. The van der Waals surface area contributed by atoms with Gasteiger partial charge >= 0.3 is 0 Å². The maximum absolute atomic E-state index is 12.0. The smallest absolute Gasteiger partial charge is 0.239 e. The highest BCUT2D eigenvalue weighted by molar-refractivity contribution is 5.97. The van der Waals surface area contributed by atoms with Crippen LogP contribution in [0.5, 0.6) is 5.88 Å². The molecule has 0 spiro atoms. The summed E-state index contributed by atoms with van der Waals surface area (Å²) in [6.45, 7) is 4.38. The molecule has 1 aromatic rings. The Balaban J connectivity index is 2.82. The number of rotatable bonds is 7. The summed E-state index contributed by atoms with van der Waals surface area (Å²) in [5.74, 6) is 0.299. The number of ether oxygens (including phenoxy) is 1. The molecule has 6 heteroatoms. The topological polar surface area (TPSA) is 66.5 Å². The highest BCUT2D eigenvalue weighted by Gasteiger charge is 2.15. The number of amides is 1. The Morgan fingerprint density at radius 3 is 2.75 bits per heavy atom. The van der Waals surface area contributed by atoms with Crippen molar-refractivity contribution in [3.63, 3.8) is 0 Å². The molecule has 0 aliphatic heterocycles. The van der Waals surface area contributed by atoms with E-state index in [1.807, 2.05) is 32.0 Å². The van der Waals surface area contributed by atoms with Crippen LogP contribution in [0, 0.1) is 0 Å². The van der Waals surface area contributed by atoms with Crippen molar-refractivity contribution < 1.29 is 9.53 Å². The number of carbonyl (C=O) groups excluding carboxylic acids is 1. The lowest BCUT2D eigenvalue weighted by atomic mass is 10.2. The number of nitrogens with one attached hydrogen (secondary N) is 2. The summed E-state index contributed by atoms with van der Waals surface area (Å²) < 4.78 is 5.21. The van der Waals surface area contributed by atoms with Crippen LogP contribution in [-0.2, 0) is 4.79 Å². The number of hydrogen-bond acceptors (Lipinski definition) is 5. The third-order valence-corrected chi connectivity index (χ3v) is 3.06. The molecule has 0 bridgehead atoms. The molecule has 1 heterocycles. The first-order chi connectivity index (χ1) is 9.49. The standard InChI is InChI=1S/C14H24N4O2/c1-6-10(2)16-9-12(19)17-13-11(18(3)4)7-8-15-14(13)20-5/h7-8,10,16H,6,9H2,1-5H3,(H,17,19). The molecule has 0 saturated heterocycles. The number of aromatic nitrogens is 1. The van der Waals surface area contributed by atoms with Crippen LogP contribution < -0.4 is 20.3 Å². The minimum Gasteiger partial charge on any atom is -0.479 e. The molecule has 0 aliphatic rings. The van der Waals surface area contributed by atoms with Crippen molar-refractivity contribution in [3.8, 4) is 5.88 Å². The number of pyridine rings is 1. The molecule has 112 valence electrons. The van der Waals surface area contributed by atoms with Gasteiger partial charge in [-0.25, -0.2) is 4.98 Å². The molecule has 1 atom stereocenters. The molecular formula is C14H24N4O2. The Hall–Kier alpha value is -1.82. The molecule has 0 aromatic carbocycles. The third-order valence-electron chi connectivity index (χ3n) is 3.06. The maximum Gasteiger partial charge on any atom is 0.239 e. The molecule has 1 aromatic heterocycles. The van der Waals surface area contributed by atoms with E-state index in [4.69, 9.17) is 4.74 Å². The Morgan fingerprint density at radius 2 is 2.20 bits per heavy atom. The van der Waals surface area contributed by atoms with Gasteiger partial charge in [0, 0.05) is 26.3 Å². The number of carbonyl (C=O) groups is 1. The summed E-state index contributed by atoms with van der Waals surface area (Å²) >= 11 is 0. The first kappa shape index (κ1) is 16.2. The number of nitrogens with zero attached hydrogens (tertiary/aromatic N) is 2. The lowest BCUT2D eigenvalue weighted by Gasteiger charge is -2.19. The maximum atomic E-state index is 12.0. The van der Waals surface area contributed by atoms with E-state index in [9.17, 15) is 4.79 Å². The highest BCUT2D eigenvalue weighted by Crippen LogP contribution is 2.31. The van der Waals surface area contributed by atoms with E-state index in [-0.39, 0.29) is 12.5 Å². The molecule has 0 fully saturated rings. The van der Waals surface area contributed by atoms with Crippen LogP contribution in [0.2, 0.25) is 0 Å². The van der Waals surface area contributed by atoms with Crippen molar-refractivity contribution in [3.05, 3.63) is 12.3 Å². The van der Waals surface area contributed by atoms with Gasteiger partial charge in [0.25, 0.3) is 0 Å². The average Bonchev–Trinajstić information content (AvgIpc) is 2.44. The van der Waals surface area contributed by atoms with Gasteiger partial charge < -0.3 is 20.3 Å². The second kappa shape index (κ2) is 7.69. The fraction of sp³-hybridized carbons (Fsp3) is 0.571. The number of methoxy groups -OCH3 is 1. The molecule has 2 N–H and O–H groups in total. The molecular weight excluding hydrogens is 256 g/mol. The fourth-order valence-electron chi connectivity index (χ4n) is 1.67. The molecule has 1 unspecified atom stereocenters. The predicted octanol–water partition coefficient (Wildman–Crippen LogP) is 1.48. The van der Waals surface area contributed by atoms with Crippen molar-refractivity contribution >= 4 is 17.3 Å². The molecule has 0 aliphatic carbocycles. The lowest BCUT2D eigenvalue weighted by molar-refractivity contribution is -0.115. The van der Waals surface area contributed by atoms with Crippen LogP contribution in [-0.4, -0.2) is 44.7 Å². The number of anilines is 2. The van der Waals surface area contributed by atoms with E-state index in [2.05, 4.69) is 22.5 Å². The van der Waals surface area contributed by atoms with Crippen LogP contribution in [0.1, 0.15) is 20.3 Å². The first-order valence-corrected chi connectivity index (χ1v) is 6.73. The van der Waals surface area contributed by atoms with Gasteiger partial charge in [-0.2, -0.15) is 0 Å². The summed E-state index contributed by atoms with van der Waals surface area (Å²) in [4.78, 5) is 18.0. The minimum atomic E-state index is -0.111. The Labute approximate surface area is 120 Å². The quantitative estimate of drug-likeness (QED) is 0.792. The van der Waals surface area contributed by atoms with E-state index in [1.54, 1.807) is 6.20 Å². The summed E-state index contributed by atoms with van der Waals surface area (Å²) in [6.07, 6.45) is 2.63. The van der Waals surface area contributed by atoms with Crippen molar-refractivity contribution in [1.29, 1.82) is 0 Å². The van der Waals surface area contributed by atoms with Gasteiger partial charge in [0.15, 0.2) is 0 Å². The van der Waals surface area contributed by atoms with Crippen LogP contribution in [0.3, 0.4) is 0 Å². The van der Waals surface area contributed by atoms with Crippen LogP contribution in [0.25, 0.3) is 0 Å². The van der Waals surface area contributed by atoms with Gasteiger partial charge in [-0.15, -0.1) is 0 Å². The van der Waals surface area contributed by atoms with E-state index >= 15 is 0 Å². The van der Waals surface area contributed by atoms with Gasteiger partial charge in [0.05, 0.1) is 19.3 Å². The second-order valence-corrected chi connectivity index (χ2v) is 4.85. The van der Waals surface area contributed by atoms with Crippen molar-refractivity contribution in [2.75, 3.05) is 38.0 Å². The zero-order chi connectivity index (χ0) is 15.1. The first-order valence-electron chi connectivity index (χ1n) is 6.73. The highest BCUT2D eigenvalue weighted by atomic mass is 16.5. The molecule has 0 radical (unpaired) electrons. The van der Waals surface area contributed by atoms with E-state index in [1.165, 1.54) is 7.11 Å². The molecule has 1 amide bonds. The Kier molecular flexibility index (Phi) is 6.24.